The predicted octanol–water partition coefficient (Wildman–Crippen LogP) is 3.00. The monoisotopic (exact) mass is 339 g/mol. The van der Waals surface area contributed by atoms with E-state index >= 15 is 0 Å². The Morgan fingerprint density at radius 3 is 3.05 bits per heavy atom. The topological polar surface area (TPSA) is 54.6 Å². The molecular formula is C15H18BrNO3. The smallest absolute Gasteiger partial charge is 0.134 e. The maximum absolute atomic E-state index is 10.2. The second-order valence-electron chi connectivity index (χ2n) is 5.46. The number of halogens is 1. The summed E-state index contributed by atoms with van der Waals surface area (Å²) >= 11 is 3.46. The maximum atomic E-state index is 10.2. The quantitative estimate of drug-likeness (QED) is 0.899. The van der Waals surface area contributed by atoms with Crippen LogP contribution in [0.5, 0.6) is 0 Å². The van der Waals surface area contributed by atoms with Crippen molar-refractivity contribution in [2.45, 2.75) is 25.0 Å². The second kappa shape index (κ2) is 5.48. The molecule has 2 atom stereocenters. The number of nitrogens with one attached hydrogen (secondary N) is 1. The van der Waals surface area contributed by atoms with Crippen molar-refractivity contribution >= 4 is 26.9 Å². The molecule has 5 heteroatoms. The lowest BCUT2D eigenvalue weighted by Crippen LogP contribution is -2.41. The van der Waals surface area contributed by atoms with E-state index in [0.717, 1.165) is 21.2 Å². The number of benzene rings is 1. The highest BCUT2D eigenvalue weighted by molar-refractivity contribution is 9.10. The average molecular weight is 340 g/mol. The van der Waals surface area contributed by atoms with Crippen molar-refractivity contribution in [2.75, 3.05) is 19.8 Å². The molecule has 2 unspecified atom stereocenters. The Labute approximate surface area is 126 Å². The summed E-state index contributed by atoms with van der Waals surface area (Å²) in [6.45, 7) is 3.58. The van der Waals surface area contributed by atoms with Crippen molar-refractivity contribution in [3.05, 3.63) is 34.5 Å². The first kappa shape index (κ1) is 14.1. The van der Waals surface area contributed by atoms with Gasteiger partial charge in [-0.05, 0) is 31.2 Å². The molecule has 1 saturated heterocycles. The summed E-state index contributed by atoms with van der Waals surface area (Å²) in [6, 6.07) is 8.03. The molecule has 1 aromatic carbocycles. The van der Waals surface area contributed by atoms with Gasteiger partial charge in [0, 0.05) is 29.4 Å². The molecule has 1 aliphatic heterocycles. The van der Waals surface area contributed by atoms with E-state index in [2.05, 4.69) is 21.2 Å². The fourth-order valence-electron chi connectivity index (χ4n) is 2.43. The van der Waals surface area contributed by atoms with E-state index in [1.54, 1.807) is 0 Å². The number of hydrogen-bond acceptors (Lipinski definition) is 4. The van der Waals surface area contributed by atoms with E-state index < -0.39 is 5.60 Å². The molecule has 0 radical (unpaired) electrons. The predicted molar refractivity (Wildman–Crippen MR) is 80.7 cm³/mol. The SMILES string of the molecule is CC(NCC1(O)CCOC1)c1cc2cc(Br)ccc2o1. The molecule has 4 nitrogen and oxygen atoms in total. The number of rotatable bonds is 4. The average Bonchev–Trinajstić information content (AvgIpc) is 3.02. The lowest BCUT2D eigenvalue weighted by Gasteiger charge is -2.22. The largest absolute Gasteiger partial charge is 0.459 e. The number of furan rings is 1. The van der Waals surface area contributed by atoms with Crippen LogP contribution in [0.15, 0.2) is 33.2 Å². The minimum atomic E-state index is -0.747. The Morgan fingerprint density at radius 2 is 2.30 bits per heavy atom. The van der Waals surface area contributed by atoms with Gasteiger partial charge in [0.2, 0.25) is 0 Å². The van der Waals surface area contributed by atoms with Gasteiger partial charge in [-0.2, -0.15) is 0 Å². The highest BCUT2D eigenvalue weighted by atomic mass is 79.9. The Kier molecular flexibility index (Phi) is 3.86. The van der Waals surface area contributed by atoms with Crippen molar-refractivity contribution in [3.63, 3.8) is 0 Å². The molecule has 20 heavy (non-hydrogen) atoms. The molecule has 1 aliphatic rings. The van der Waals surface area contributed by atoms with Crippen LogP contribution in [-0.2, 0) is 4.74 Å². The van der Waals surface area contributed by atoms with Crippen LogP contribution in [0.3, 0.4) is 0 Å². The fraction of sp³-hybridized carbons (Fsp3) is 0.467. The van der Waals surface area contributed by atoms with Crippen LogP contribution < -0.4 is 5.32 Å². The maximum Gasteiger partial charge on any atom is 0.134 e. The van der Waals surface area contributed by atoms with Crippen molar-refractivity contribution in [1.82, 2.24) is 5.32 Å². The molecule has 0 saturated carbocycles. The van der Waals surface area contributed by atoms with Crippen molar-refractivity contribution < 1.29 is 14.3 Å². The van der Waals surface area contributed by atoms with Crippen molar-refractivity contribution in [2.24, 2.45) is 0 Å². The molecule has 0 amide bonds. The Bertz CT molecular complexity index is 604. The van der Waals surface area contributed by atoms with E-state index in [9.17, 15) is 5.11 Å². The normalized spacial score (nSPS) is 24.4. The van der Waals surface area contributed by atoms with E-state index in [1.165, 1.54) is 0 Å². The summed E-state index contributed by atoms with van der Waals surface area (Å²) in [4.78, 5) is 0. The van der Waals surface area contributed by atoms with Crippen LogP contribution in [0.1, 0.15) is 25.1 Å². The molecule has 3 rings (SSSR count). The van der Waals surface area contributed by atoms with Gasteiger partial charge >= 0.3 is 0 Å². The highest BCUT2D eigenvalue weighted by Crippen LogP contribution is 2.27. The van der Waals surface area contributed by atoms with E-state index in [1.807, 2.05) is 31.2 Å². The number of aliphatic hydroxyl groups is 1. The molecule has 108 valence electrons. The van der Waals surface area contributed by atoms with Crippen molar-refractivity contribution in [1.29, 1.82) is 0 Å². The standard InChI is InChI=1S/C15H18BrNO3/c1-10(17-8-15(18)4-5-19-9-15)14-7-11-6-12(16)2-3-13(11)20-14/h2-3,6-7,10,17-18H,4-5,8-9H2,1H3. The van der Waals surface area contributed by atoms with Crippen LogP contribution in [-0.4, -0.2) is 30.5 Å². The van der Waals surface area contributed by atoms with Gasteiger partial charge in [0.25, 0.3) is 0 Å². The lowest BCUT2D eigenvalue weighted by molar-refractivity contribution is 0.0247. The summed E-state index contributed by atoms with van der Waals surface area (Å²) in [6.07, 6.45) is 0.680. The molecular weight excluding hydrogens is 322 g/mol. The molecule has 0 spiro atoms. The zero-order chi connectivity index (χ0) is 14.2. The first-order chi connectivity index (χ1) is 9.56. The van der Waals surface area contributed by atoms with Crippen LogP contribution >= 0.6 is 15.9 Å². The zero-order valence-corrected chi connectivity index (χ0v) is 12.9. The molecule has 1 fully saturated rings. The number of ether oxygens (including phenoxy) is 1. The summed E-state index contributed by atoms with van der Waals surface area (Å²) in [5.41, 5.74) is 0.128. The van der Waals surface area contributed by atoms with Gasteiger partial charge in [-0.25, -0.2) is 0 Å². The number of fused-ring (bicyclic) bond motifs is 1. The van der Waals surface area contributed by atoms with Crippen LogP contribution in [0.25, 0.3) is 11.0 Å². The Balaban J connectivity index is 1.70. The van der Waals surface area contributed by atoms with Crippen LogP contribution in [0.4, 0.5) is 0 Å². The van der Waals surface area contributed by atoms with Gasteiger partial charge in [-0.3, -0.25) is 0 Å². The third kappa shape index (κ3) is 2.91. The zero-order valence-electron chi connectivity index (χ0n) is 11.4. The van der Waals surface area contributed by atoms with E-state index in [-0.39, 0.29) is 6.04 Å². The van der Waals surface area contributed by atoms with Crippen LogP contribution in [0.2, 0.25) is 0 Å². The molecule has 2 aromatic rings. The molecule has 0 aliphatic carbocycles. The molecule has 2 N–H and O–H groups in total. The third-order valence-corrected chi connectivity index (χ3v) is 4.24. The van der Waals surface area contributed by atoms with Crippen LogP contribution in [0, 0.1) is 0 Å². The first-order valence-corrected chi connectivity index (χ1v) is 7.58. The van der Waals surface area contributed by atoms with Crippen molar-refractivity contribution in [3.8, 4) is 0 Å². The Hall–Kier alpha value is -0.880. The second-order valence-corrected chi connectivity index (χ2v) is 6.38. The third-order valence-electron chi connectivity index (χ3n) is 3.74. The van der Waals surface area contributed by atoms with Gasteiger partial charge in [0.15, 0.2) is 0 Å². The molecule has 2 heterocycles. The summed E-state index contributed by atoms with van der Waals surface area (Å²) in [5, 5.41) is 14.6. The Morgan fingerprint density at radius 1 is 1.45 bits per heavy atom. The van der Waals surface area contributed by atoms with E-state index in [4.69, 9.17) is 9.15 Å². The minimum absolute atomic E-state index is 0.0470. The van der Waals surface area contributed by atoms with Gasteiger partial charge in [-0.15, -0.1) is 0 Å². The molecule has 0 bridgehead atoms. The van der Waals surface area contributed by atoms with Gasteiger partial charge in [0.05, 0.1) is 12.6 Å². The fourth-order valence-corrected chi connectivity index (χ4v) is 2.81. The number of hydrogen-bond donors (Lipinski definition) is 2. The summed E-state index contributed by atoms with van der Waals surface area (Å²) in [5.74, 6) is 0.876. The van der Waals surface area contributed by atoms with Gasteiger partial charge in [0.1, 0.15) is 16.9 Å². The highest BCUT2D eigenvalue weighted by Gasteiger charge is 2.32. The summed E-state index contributed by atoms with van der Waals surface area (Å²) < 4.78 is 12.1. The van der Waals surface area contributed by atoms with E-state index in [0.29, 0.717) is 26.2 Å². The van der Waals surface area contributed by atoms with Gasteiger partial charge in [-0.1, -0.05) is 15.9 Å². The minimum Gasteiger partial charge on any atom is -0.459 e. The molecule has 1 aromatic heterocycles. The summed E-state index contributed by atoms with van der Waals surface area (Å²) in [7, 11) is 0. The lowest BCUT2D eigenvalue weighted by atomic mass is 10.0. The van der Waals surface area contributed by atoms with Gasteiger partial charge < -0.3 is 19.6 Å². The first-order valence-electron chi connectivity index (χ1n) is 6.78.